The molecule has 16 heteroatoms. The molecule has 4 atom stereocenters. The van der Waals surface area contributed by atoms with Crippen LogP contribution in [0.2, 0.25) is 0 Å². The fourth-order valence-corrected chi connectivity index (χ4v) is 8.40. The maximum atomic E-state index is 14.3. The van der Waals surface area contributed by atoms with Crippen molar-refractivity contribution >= 4 is 46.4 Å². The Morgan fingerprint density at radius 2 is 1.64 bits per heavy atom. The molecule has 6 N–H and O–H groups in total. The molecule has 2 aliphatic rings. The number of β-amino-alcohol motifs (C(OH)–C–C–N with tert-alkyl or cyclic N) is 1. The molecule has 3 aromatic heterocycles. The molecule has 3 amide bonds. The number of amides is 3. The van der Waals surface area contributed by atoms with Crippen LogP contribution in [0.3, 0.4) is 0 Å². The molecule has 308 valence electrons. The van der Waals surface area contributed by atoms with Gasteiger partial charge in [0.25, 0.3) is 5.91 Å². The Morgan fingerprint density at radius 1 is 0.932 bits per heavy atom. The first kappa shape index (κ1) is 41.0. The van der Waals surface area contributed by atoms with Gasteiger partial charge in [-0.2, -0.15) is 0 Å². The number of piperazine rings is 1. The minimum absolute atomic E-state index is 0.0341. The number of para-hydroxylation sites is 1. The molecule has 2 fully saturated rings. The third-order valence-electron chi connectivity index (χ3n) is 10.9. The van der Waals surface area contributed by atoms with Crippen molar-refractivity contribution in [3.8, 4) is 27.4 Å². The Hall–Kier alpha value is -6.13. The van der Waals surface area contributed by atoms with E-state index in [4.69, 9.17) is 10.7 Å². The molecular weight excluding hydrogens is 769 g/mol. The predicted octanol–water partition coefficient (Wildman–Crippen LogP) is 4.57. The number of hydrogen-bond acceptors (Lipinski definition) is 13. The summed E-state index contributed by atoms with van der Waals surface area (Å²) in [6, 6.07) is 19.6. The topological polar surface area (TPSA) is 203 Å². The summed E-state index contributed by atoms with van der Waals surface area (Å²) < 4.78 is 0. The molecular formula is C43H50N10O5S. The van der Waals surface area contributed by atoms with Gasteiger partial charge in [-0.25, -0.2) is 9.97 Å². The van der Waals surface area contributed by atoms with Crippen LogP contribution in [0.5, 0.6) is 5.75 Å². The summed E-state index contributed by atoms with van der Waals surface area (Å²) in [5, 5.41) is 35.4. The molecule has 0 bridgehead atoms. The Balaban J connectivity index is 0.996. The van der Waals surface area contributed by atoms with Gasteiger partial charge in [0.1, 0.15) is 29.3 Å². The predicted molar refractivity (Wildman–Crippen MR) is 228 cm³/mol. The lowest BCUT2D eigenvalue weighted by Gasteiger charge is -2.37. The number of nitrogens with two attached hydrogens (primary N) is 1. The van der Waals surface area contributed by atoms with Crippen molar-refractivity contribution in [2.45, 2.75) is 65.3 Å². The molecule has 5 aromatic rings. The Labute approximate surface area is 347 Å². The van der Waals surface area contributed by atoms with Gasteiger partial charge in [-0.15, -0.1) is 21.5 Å². The van der Waals surface area contributed by atoms with Gasteiger partial charge in [0, 0.05) is 44.7 Å². The largest absolute Gasteiger partial charge is 0.507 e. The minimum atomic E-state index is -1.02. The van der Waals surface area contributed by atoms with Gasteiger partial charge in [-0.05, 0) is 60.7 Å². The summed E-state index contributed by atoms with van der Waals surface area (Å²) in [5.74, 6) is -0.375. The van der Waals surface area contributed by atoms with Crippen molar-refractivity contribution in [2.75, 3.05) is 48.3 Å². The van der Waals surface area contributed by atoms with Gasteiger partial charge < -0.3 is 41.3 Å². The zero-order chi connectivity index (χ0) is 42.0. The Kier molecular flexibility index (Phi) is 11.8. The fraction of sp³-hybridized carbons (Fsp3) is 0.372. The van der Waals surface area contributed by atoms with E-state index in [9.17, 15) is 24.6 Å². The van der Waals surface area contributed by atoms with E-state index in [0.29, 0.717) is 48.9 Å². The highest BCUT2D eigenvalue weighted by molar-refractivity contribution is 7.13. The first-order valence-corrected chi connectivity index (χ1v) is 20.5. The van der Waals surface area contributed by atoms with Crippen molar-refractivity contribution in [3.05, 3.63) is 95.3 Å². The monoisotopic (exact) mass is 818 g/mol. The second-order valence-corrected chi connectivity index (χ2v) is 17.0. The van der Waals surface area contributed by atoms with Crippen LogP contribution in [0, 0.1) is 12.3 Å². The van der Waals surface area contributed by atoms with E-state index in [-0.39, 0.29) is 42.2 Å². The summed E-state index contributed by atoms with van der Waals surface area (Å²) in [6.45, 7) is 11.7. The first-order chi connectivity index (χ1) is 28.2. The number of aliphatic hydroxyl groups is 1. The smallest absolute Gasteiger partial charge is 0.270 e. The number of aromatic hydroxyl groups is 1. The molecule has 2 unspecified atom stereocenters. The van der Waals surface area contributed by atoms with Crippen LogP contribution in [0.25, 0.3) is 21.7 Å². The van der Waals surface area contributed by atoms with E-state index in [1.54, 1.807) is 41.7 Å². The number of nitrogen functional groups attached to an aromatic ring is 1. The number of anilines is 3. The number of pyridine rings is 1. The molecule has 2 aromatic carbocycles. The lowest BCUT2D eigenvalue weighted by atomic mass is 9.85. The molecule has 2 aliphatic heterocycles. The number of thiazole rings is 1. The molecule has 59 heavy (non-hydrogen) atoms. The normalized spacial score (nSPS) is 18.0. The zero-order valence-corrected chi connectivity index (χ0v) is 34.6. The van der Waals surface area contributed by atoms with Crippen molar-refractivity contribution in [3.63, 3.8) is 0 Å². The van der Waals surface area contributed by atoms with Crippen molar-refractivity contribution in [1.82, 2.24) is 35.7 Å². The number of carbonyl (C=O) groups excluding carboxylic acids is 3. The maximum Gasteiger partial charge on any atom is 0.270 e. The third-order valence-corrected chi connectivity index (χ3v) is 11.9. The number of benzene rings is 2. The Morgan fingerprint density at radius 3 is 2.32 bits per heavy atom. The number of aliphatic hydroxyl groups excluding tert-OH is 1. The number of phenolic OH excluding ortho intramolecular Hbond substituents is 1. The molecule has 0 spiro atoms. The second kappa shape index (κ2) is 17.0. The van der Waals surface area contributed by atoms with Crippen LogP contribution in [0.4, 0.5) is 17.3 Å². The number of carbonyl (C=O) groups is 3. The third kappa shape index (κ3) is 8.98. The van der Waals surface area contributed by atoms with E-state index >= 15 is 0 Å². The molecule has 2 saturated heterocycles. The minimum Gasteiger partial charge on any atom is -0.507 e. The quantitative estimate of drug-likeness (QED) is 0.132. The van der Waals surface area contributed by atoms with Gasteiger partial charge in [0.05, 0.1) is 39.6 Å². The average molecular weight is 819 g/mol. The van der Waals surface area contributed by atoms with Gasteiger partial charge >= 0.3 is 0 Å². The summed E-state index contributed by atoms with van der Waals surface area (Å²) >= 11 is 1.57. The van der Waals surface area contributed by atoms with Gasteiger partial charge in [-0.1, -0.05) is 63.2 Å². The molecule has 0 saturated carbocycles. The molecule has 7 rings (SSSR count). The number of phenols is 1. The second-order valence-electron chi connectivity index (χ2n) is 16.2. The van der Waals surface area contributed by atoms with E-state index < -0.39 is 35.4 Å². The Bertz CT molecular complexity index is 2320. The maximum absolute atomic E-state index is 14.3. The molecule has 5 heterocycles. The molecule has 0 aliphatic carbocycles. The van der Waals surface area contributed by atoms with Crippen LogP contribution in [-0.2, 0) is 9.59 Å². The highest BCUT2D eigenvalue weighted by atomic mass is 32.1. The fourth-order valence-electron chi connectivity index (χ4n) is 7.59. The van der Waals surface area contributed by atoms with Crippen LogP contribution in [0.1, 0.15) is 61.9 Å². The summed E-state index contributed by atoms with van der Waals surface area (Å²) in [7, 11) is 0. The standard InChI is InChI=1S/C43H50N10O5S/c1-25(27-13-15-28(16-14-27)37-26(2)45-24-59-37)46-41(57)34-21-29(54)23-53(34)42(58)38(43(3,4)5)48-40(56)31-10-8-12-36(47-31)52-19-17-51(18-20-52)33-22-32(49-50-39(33)44)30-9-6-7-11-35(30)55/h6-16,22,24-25,29,34,38,54-55H,17-21,23H2,1-5H3,(H2,44,50)(H,46,57)(H,48,56)/t25?,29-,34+,38?/m1/s1. The van der Waals surface area contributed by atoms with E-state index in [0.717, 1.165) is 21.7 Å². The van der Waals surface area contributed by atoms with Gasteiger partial charge in [0.2, 0.25) is 11.8 Å². The number of nitrogens with one attached hydrogen (secondary N) is 2. The van der Waals surface area contributed by atoms with Crippen LogP contribution >= 0.6 is 11.3 Å². The van der Waals surface area contributed by atoms with E-state index in [1.807, 2.05) is 82.6 Å². The lowest BCUT2D eigenvalue weighted by molar-refractivity contribution is -0.142. The molecule has 0 radical (unpaired) electrons. The van der Waals surface area contributed by atoms with E-state index in [2.05, 4.69) is 35.6 Å². The van der Waals surface area contributed by atoms with Crippen LogP contribution < -0.4 is 26.2 Å². The van der Waals surface area contributed by atoms with Crippen LogP contribution in [-0.4, -0.2) is 104 Å². The highest BCUT2D eigenvalue weighted by Gasteiger charge is 2.45. The van der Waals surface area contributed by atoms with E-state index in [1.165, 1.54) is 4.90 Å². The van der Waals surface area contributed by atoms with Gasteiger partial charge in [-0.3, -0.25) is 14.4 Å². The van der Waals surface area contributed by atoms with Crippen molar-refractivity contribution in [1.29, 1.82) is 0 Å². The SMILES string of the molecule is Cc1ncsc1-c1ccc(C(C)NC(=O)[C@@H]2C[C@@H](O)CN2C(=O)C(NC(=O)c2cccc(N3CCN(c4cc(-c5ccccc5O)nnc4N)CC3)n2)C(C)(C)C)cc1. The summed E-state index contributed by atoms with van der Waals surface area (Å²) in [4.78, 5) is 57.6. The van der Waals surface area contributed by atoms with Crippen molar-refractivity contribution in [2.24, 2.45) is 5.41 Å². The first-order valence-electron chi connectivity index (χ1n) is 19.7. The highest BCUT2D eigenvalue weighted by Crippen LogP contribution is 2.33. The number of hydrogen-bond donors (Lipinski definition) is 5. The number of nitrogens with zero attached hydrogens (tertiary/aromatic N) is 7. The number of aryl methyl sites for hydroxylation is 1. The van der Waals surface area contributed by atoms with Crippen molar-refractivity contribution < 1.29 is 24.6 Å². The average Bonchev–Trinajstić information content (AvgIpc) is 3.85. The number of aromatic nitrogens is 4. The number of rotatable bonds is 10. The van der Waals surface area contributed by atoms with Crippen LogP contribution in [0.15, 0.2) is 78.3 Å². The molecule has 15 nitrogen and oxygen atoms in total. The zero-order valence-electron chi connectivity index (χ0n) is 33.8. The number of likely N-dealkylation sites (tertiary alicyclic amines) is 1. The summed E-state index contributed by atoms with van der Waals surface area (Å²) in [5.41, 5.74) is 12.1. The summed E-state index contributed by atoms with van der Waals surface area (Å²) in [6.07, 6.45) is -0.815. The van der Waals surface area contributed by atoms with Gasteiger partial charge in [0.15, 0.2) is 5.82 Å². The lowest BCUT2D eigenvalue weighted by Crippen LogP contribution is -2.58.